The van der Waals surface area contributed by atoms with Gasteiger partial charge in [0.2, 0.25) is 5.95 Å². The van der Waals surface area contributed by atoms with Crippen molar-refractivity contribution < 1.29 is 0 Å². The fourth-order valence-corrected chi connectivity index (χ4v) is 9.85. The van der Waals surface area contributed by atoms with Crippen molar-refractivity contribution >= 4 is 75.1 Å². The molecule has 0 fully saturated rings. The molecule has 57 heavy (non-hydrogen) atoms. The summed E-state index contributed by atoms with van der Waals surface area (Å²) in [5, 5.41) is 7.19. The SMILES string of the molecule is c1ccc(-c2cccc(-c3nc(-c4ccccc4)nc(-n4c5ccccc5c5ccc6c7ccccc7n(-c7cccc8c7sc7ccccc78)c6c54)n3)c2)cc1. The Balaban J connectivity index is 1.22. The monoisotopic (exact) mass is 745 g/mol. The van der Waals surface area contributed by atoms with E-state index in [2.05, 4.69) is 173 Å². The van der Waals surface area contributed by atoms with E-state index in [0.717, 1.165) is 60.8 Å². The number of aromatic nitrogens is 5. The van der Waals surface area contributed by atoms with Gasteiger partial charge in [0.15, 0.2) is 11.6 Å². The summed E-state index contributed by atoms with van der Waals surface area (Å²) in [5.74, 6) is 1.80. The molecule has 266 valence electrons. The van der Waals surface area contributed by atoms with Gasteiger partial charge in [0.1, 0.15) is 0 Å². The molecule has 0 aliphatic carbocycles. The molecule has 0 saturated heterocycles. The molecule has 5 nitrogen and oxygen atoms in total. The second kappa shape index (κ2) is 12.6. The molecular formula is C51H31N5S. The molecule has 0 unspecified atom stereocenters. The second-order valence-corrected chi connectivity index (χ2v) is 15.5. The molecule has 6 heteroatoms. The Morgan fingerprint density at radius 2 is 0.877 bits per heavy atom. The molecule has 12 aromatic rings. The standard InChI is InChI=1S/C51H31N5S/c1-3-15-32(16-4-1)34-19-13-20-35(31-34)50-52-49(33-17-5-2-6-18-33)53-51(54-50)56-43-26-11-8-22-37(43)40-30-29-39-36-21-7-10-25-42(36)55(46(39)47(40)56)44-27-14-24-41-38-23-9-12-28-45(38)57-48(41)44/h1-31H. The highest BCUT2D eigenvalue weighted by Gasteiger charge is 2.24. The minimum Gasteiger partial charge on any atom is -0.306 e. The summed E-state index contributed by atoms with van der Waals surface area (Å²) in [5.41, 5.74) is 9.61. The molecule has 0 saturated carbocycles. The third-order valence-corrected chi connectivity index (χ3v) is 12.4. The Kier molecular flexibility index (Phi) is 7.03. The van der Waals surface area contributed by atoms with Crippen LogP contribution in [-0.2, 0) is 0 Å². The van der Waals surface area contributed by atoms with Crippen LogP contribution in [0.3, 0.4) is 0 Å². The summed E-state index contributed by atoms with van der Waals surface area (Å²) < 4.78 is 7.28. The van der Waals surface area contributed by atoms with E-state index in [1.807, 2.05) is 35.6 Å². The maximum absolute atomic E-state index is 5.38. The van der Waals surface area contributed by atoms with E-state index in [4.69, 9.17) is 15.0 Å². The van der Waals surface area contributed by atoms with E-state index < -0.39 is 0 Å². The Morgan fingerprint density at radius 1 is 0.351 bits per heavy atom. The Hall–Kier alpha value is -7.41. The maximum atomic E-state index is 5.38. The molecule has 0 atom stereocenters. The molecule has 4 aromatic heterocycles. The summed E-state index contributed by atoms with van der Waals surface area (Å²) in [6.07, 6.45) is 0. The zero-order valence-electron chi connectivity index (χ0n) is 30.5. The van der Waals surface area contributed by atoms with E-state index in [9.17, 15) is 0 Å². The van der Waals surface area contributed by atoms with Gasteiger partial charge in [0, 0.05) is 48.1 Å². The van der Waals surface area contributed by atoms with Crippen LogP contribution in [0.15, 0.2) is 188 Å². The van der Waals surface area contributed by atoms with Crippen molar-refractivity contribution in [2.75, 3.05) is 0 Å². The van der Waals surface area contributed by atoms with Crippen LogP contribution in [0.2, 0.25) is 0 Å². The fraction of sp³-hybridized carbons (Fsp3) is 0. The third kappa shape index (κ3) is 4.91. The number of para-hydroxylation sites is 2. The first-order valence-electron chi connectivity index (χ1n) is 19.1. The van der Waals surface area contributed by atoms with Crippen molar-refractivity contribution in [3.63, 3.8) is 0 Å². The van der Waals surface area contributed by atoms with Crippen LogP contribution in [0.1, 0.15) is 0 Å². The fourth-order valence-electron chi connectivity index (χ4n) is 8.65. The topological polar surface area (TPSA) is 48.5 Å². The number of rotatable bonds is 5. The zero-order valence-corrected chi connectivity index (χ0v) is 31.4. The van der Waals surface area contributed by atoms with Crippen LogP contribution >= 0.6 is 11.3 Å². The minimum atomic E-state index is 0.569. The normalized spacial score (nSPS) is 11.9. The van der Waals surface area contributed by atoms with Crippen molar-refractivity contribution in [2.24, 2.45) is 0 Å². The number of fused-ring (bicyclic) bond motifs is 10. The molecule has 0 aliphatic heterocycles. The predicted molar refractivity (Wildman–Crippen MR) is 238 cm³/mol. The molecule has 0 amide bonds. The Labute approximate surface area is 331 Å². The van der Waals surface area contributed by atoms with E-state index in [0.29, 0.717) is 17.6 Å². The lowest BCUT2D eigenvalue weighted by molar-refractivity contribution is 0.953. The average molecular weight is 746 g/mol. The van der Waals surface area contributed by atoms with Gasteiger partial charge >= 0.3 is 0 Å². The molecule has 12 rings (SSSR count). The van der Waals surface area contributed by atoms with E-state index >= 15 is 0 Å². The van der Waals surface area contributed by atoms with Crippen LogP contribution < -0.4 is 0 Å². The molecule has 0 spiro atoms. The van der Waals surface area contributed by atoms with E-state index in [-0.39, 0.29) is 0 Å². The van der Waals surface area contributed by atoms with Crippen LogP contribution in [0.5, 0.6) is 0 Å². The minimum absolute atomic E-state index is 0.569. The van der Waals surface area contributed by atoms with E-state index in [1.54, 1.807) is 0 Å². The molecule has 0 aliphatic rings. The van der Waals surface area contributed by atoms with Crippen molar-refractivity contribution in [3.05, 3.63) is 188 Å². The number of benzene rings is 8. The summed E-state index contributed by atoms with van der Waals surface area (Å²) in [6, 6.07) is 66.6. The predicted octanol–water partition coefficient (Wildman–Crippen LogP) is 13.4. The van der Waals surface area contributed by atoms with Gasteiger partial charge in [0.25, 0.3) is 0 Å². The number of hydrogen-bond acceptors (Lipinski definition) is 4. The number of nitrogens with zero attached hydrogens (tertiary/aromatic N) is 5. The van der Waals surface area contributed by atoms with Crippen molar-refractivity contribution in [1.29, 1.82) is 0 Å². The average Bonchev–Trinajstić information content (AvgIpc) is 3.95. The first-order valence-corrected chi connectivity index (χ1v) is 19.9. The highest BCUT2D eigenvalue weighted by Crippen LogP contribution is 2.44. The van der Waals surface area contributed by atoms with Gasteiger partial charge in [0.05, 0.1) is 32.5 Å². The first-order chi connectivity index (χ1) is 28.3. The van der Waals surface area contributed by atoms with Crippen LogP contribution in [0, 0.1) is 0 Å². The highest BCUT2D eigenvalue weighted by molar-refractivity contribution is 7.26. The van der Waals surface area contributed by atoms with Gasteiger partial charge in [-0.2, -0.15) is 9.97 Å². The third-order valence-electron chi connectivity index (χ3n) is 11.2. The van der Waals surface area contributed by atoms with Gasteiger partial charge in [-0.1, -0.05) is 158 Å². The largest absolute Gasteiger partial charge is 0.306 e. The van der Waals surface area contributed by atoms with E-state index in [1.165, 1.54) is 30.9 Å². The molecule has 0 N–H and O–H groups in total. The van der Waals surface area contributed by atoms with Crippen LogP contribution in [-0.4, -0.2) is 24.1 Å². The van der Waals surface area contributed by atoms with Crippen LogP contribution in [0.25, 0.3) is 109 Å². The summed E-state index contributed by atoms with van der Waals surface area (Å²) in [6.45, 7) is 0. The maximum Gasteiger partial charge on any atom is 0.238 e. The second-order valence-electron chi connectivity index (χ2n) is 14.4. The Bertz CT molecular complexity index is 3520. The van der Waals surface area contributed by atoms with Gasteiger partial charge in [-0.05, 0) is 41.5 Å². The molecule has 0 radical (unpaired) electrons. The molecule has 8 aromatic carbocycles. The lowest BCUT2D eigenvalue weighted by Gasteiger charge is -2.14. The Morgan fingerprint density at radius 3 is 1.61 bits per heavy atom. The summed E-state index contributed by atoms with van der Waals surface area (Å²) in [4.78, 5) is 15.9. The van der Waals surface area contributed by atoms with Gasteiger partial charge < -0.3 is 4.57 Å². The van der Waals surface area contributed by atoms with Crippen molar-refractivity contribution in [1.82, 2.24) is 24.1 Å². The highest BCUT2D eigenvalue weighted by atomic mass is 32.1. The summed E-state index contributed by atoms with van der Waals surface area (Å²) in [7, 11) is 0. The number of thiophene rings is 1. The lowest BCUT2D eigenvalue weighted by Crippen LogP contribution is -2.07. The first kappa shape index (κ1) is 31.9. The van der Waals surface area contributed by atoms with Crippen molar-refractivity contribution in [2.45, 2.75) is 0 Å². The summed E-state index contributed by atoms with van der Waals surface area (Å²) >= 11 is 1.85. The number of hydrogen-bond donors (Lipinski definition) is 0. The van der Waals surface area contributed by atoms with Gasteiger partial charge in [-0.3, -0.25) is 4.57 Å². The smallest absolute Gasteiger partial charge is 0.238 e. The lowest BCUT2D eigenvalue weighted by atomic mass is 10.0. The zero-order chi connectivity index (χ0) is 37.5. The van der Waals surface area contributed by atoms with Crippen molar-refractivity contribution in [3.8, 4) is 45.5 Å². The quantitative estimate of drug-likeness (QED) is 0.176. The molecule has 0 bridgehead atoms. The molecular weight excluding hydrogens is 715 g/mol. The van der Waals surface area contributed by atoms with Gasteiger partial charge in [-0.15, -0.1) is 11.3 Å². The van der Waals surface area contributed by atoms with Crippen LogP contribution in [0.4, 0.5) is 0 Å². The van der Waals surface area contributed by atoms with Gasteiger partial charge in [-0.25, -0.2) is 4.98 Å². The molecule has 4 heterocycles.